The van der Waals surface area contributed by atoms with Crippen molar-refractivity contribution in [3.8, 4) is 0 Å². The summed E-state index contributed by atoms with van der Waals surface area (Å²) < 4.78 is 75.5. The van der Waals surface area contributed by atoms with E-state index in [-0.39, 0.29) is 5.71 Å². The summed E-state index contributed by atoms with van der Waals surface area (Å²) in [4.78, 5) is 14.8. The minimum Gasteiger partial charge on any atom is -0.317 e. The summed E-state index contributed by atoms with van der Waals surface area (Å²) in [5, 5.41) is 2.83. The number of carbonyl (C=O) groups excluding carboxylic acids is 1. The molecule has 0 spiro atoms. The van der Waals surface area contributed by atoms with Crippen molar-refractivity contribution in [1.29, 1.82) is 0 Å². The second-order valence-corrected chi connectivity index (χ2v) is 3.67. The predicted octanol–water partition coefficient (Wildman–Crippen LogP) is 3.45. The first-order valence-electron chi connectivity index (χ1n) is 4.76. The van der Waals surface area contributed by atoms with Crippen LogP contribution in [0.25, 0.3) is 0 Å². The molecular formula is C9H11F6NO2. The molecule has 0 radical (unpaired) electrons. The van der Waals surface area contributed by atoms with Crippen LogP contribution in [0, 0.1) is 5.41 Å². The van der Waals surface area contributed by atoms with Gasteiger partial charge in [0, 0.05) is 0 Å². The fraction of sp³-hybridized carbons (Fsp3) is 0.778. The highest BCUT2D eigenvalue weighted by Crippen LogP contribution is 2.53. The van der Waals surface area contributed by atoms with Crippen LogP contribution >= 0.6 is 0 Å². The number of hydrogen-bond acceptors (Lipinski definition) is 3. The lowest BCUT2D eigenvalue weighted by Crippen LogP contribution is -2.55. The predicted molar refractivity (Wildman–Crippen MR) is 49.7 cm³/mol. The molecule has 0 bridgehead atoms. The van der Waals surface area contributed by atoms with Gasteiger partial charge < -0.3 is 4.84 Å². The van der Waals surface area contributed by atoms with Gasteiger partial charge in [0.2, 0.25) is 0 Å². The Morgan fingerprint density at radius 2 is 1.44 bits per heavy atom. The van der Waals surface area contributed by atoms with Gasteiger partial charge in [-0.3, -0.25) is 0 Å². The molecule has 0 aromatic carbocycles. The molecule has 0 N–H and O–H groups in total. The van der Waals surface area contributed by atoms with E-state index in [1.165, 1.54) is 13.8 Å². The van der Waals surface area contributed by atoms with Crippen molar-refractivity contribution in [2.24, 2.45) is 10.6 Å². The van der Waals surface area contributed by atoms with Gasteiger partial charge in [0.1, 0.15) is 0 Å². The van der Waals surface area contributed by atoms with Gasteiger partial charge in [-0.2, -0.15) is 26.3 Å². The molecule has 0 atom stereocenters. The molecule has 0 saturated heterocycles. The zero-order valence-electron chi connectivity index (χ0n) is 9.74. The molecule has 0 aromatic rings. The lowest BCUT2D eigenvalue weighted by molar-refractivity contribution is -0.333. The minimum atomic E-state index is -5.81. The van der Waals surface area contributed by atoms with E-state index in [0.29, 0.717) is 6.92 Å². The molecule has 0 saturated carbocycles. The average Bonchev–Trinajstić information content (AvgIpc) is 2.11. The molecule has 0 aromatic heterocycles. The summed E-state index contributed by atoms with van der Waals surface area (Å²) in [6, 6.07) is 0. The fourth-order valence-corrected chi connectivity index (χ4v) is 1.15. The summed E-state index contributed by atoms with van der Waals surface area (Å²) in [6.45, 7) is 3.11. The zero-order valence-corrected chi connectivity index (χ0v) is 9.74. The van der Waals surface area contributed by atoms with E-state index in [1.807, 2.05) is 0 Å². The molecule has 18 heavy (non-hydrogen) atoms. The van der Waals surface area contributed by atoms with Crippen LogP contribution in [0.4, 0.5) is 26.3 Å². The highest BCUT2D eigenvalue weighted by Gasteiger charge is 2.75. The largest absolute Gasteiger partial charge is 0.413 e. The van der Waals surface area contributed by atoms with Gasteiger partial charge in [0.25, 0.3) is 5.41 Å². The highest BCUT2D eigenvalue weighted by atomic mass is 19.4. The van der Waals surface area contributed by atoms with Gasteiger partial charge >= 0.3 is 18.3 Å². The molecule has 0 aliphatic heterocycles. The van der Waals surface area contributed by atoms with Crippen LogP contribution in [0.3, 0.4) is 0 Å². The van der Waals surface area contributed by atoms with E-state index in [0.717, 1.165) is 0 Å². The first kappa shape index (κ1) is 16.7. The monoisotopic (exact) mass is 279 g/mol. The maximum Gasteiger partial charge on any atom is 0.413 e. The number of alkyl halides is 6. The van der Waals surface area contributed by atoms with Gasteiger partial charge in [-0.15, -0.1) is 0 Å². The fourth-order valence-electron chi connectivity index (χ4n) is 1.15. The smallest absolute Gasteiger partial charge is 0.317 e. The number of hydrogen-bond donors (Lipinski definition) is 0. The normalized spacial score (nSPS) is 13.2. The molecule has 0 heterocycles. The Hall–Kier alpha value is -1.28. The number of carbonyl (C=O) groups is 1. The molecule has 0 amide bonds. The second kappa shape index (κ2) is 5.15. The molecule has 3 nitrogen and oxygen atoms in total. The van der Waals surface area contributed by atoms with E-state index in [1.54, 1.807) is 0 Å². The van der Waals surface area contributed by atoms with Gasteiger partial charge in [0.15, 0.2) is 0 Å². The van der Waals surface area contributed by atoms with Gasteiger partial charge in [-0.25, -0.2) is 4.79 Å². The van der Waals surface area contributed by atoms with Crippen LogP contribution < -0.4 is 0 Å². The van der Waals surface area contributed by atoms with E-state index < -0.39 is 30.2 Å². The van der Waals surface area contributed by atoms with Gasteiger partial charge in [-0.05, 0) is 20.3 Å². The molecule has 0 rings (SSSR count). The second-order valence-electron chi connectivity index (χ2n) is 3.67. The minimum absolute atomic E-state index is 0.0118. The molecule has 0 aliphatic carbocycles. The van der Waals surface area contributed by atoms with E-state index in [2.05, 4.69) is 9.99 Å². The highest BCUT2D eigenvalue weighted by molar-refractivity contribution is 5.82. The Kier molecular flexibility index (Phi) is 4.78. The first-order chi connectivity index (χ1) is 7.90. The van der Waals surface area contributed by atoms with Crippen molar-refractivity contribution in [3.63, 3.8) is 0 Å². The van der Waals surface area contributed by atoms with Gasteiger partial charge in [0.05, 0.1) is 5.71 Å². The first-order valence-corrected chi connectivity index (χ1v) is 4.76. The third kappa shape index (κ3) is 2.94. The van der Waals surface area contributed by atoms with Crippen LogP contribution in [0.1, 0.15) is 27.2 Å². The summed E-state index contributed by atoms with van der Waals surface area (Å²) >= 11 is 0. The Labute approximate surface area is 98.8 Å². The van der Waals surface area contributed by atoms with E-state index in [4.69, 9.17) is 0 Å². The van der Waals surface area contributed by atoms with Crippen LogP contribution in [-0.4, -0.2) is 24.0 Å². The van der Waals surface area contributed by atoms with Crippen LogP contribution in [0.5, 0.6) is 0 Å². The molecule has 0 fully saturated rings. The maximum atomic E-state index is 12.6. The molecule has 0 aliphatic rings. The van der Waals surface area contributed by atoms with Crippen molar-refractivity contribution >= 4 is 11.7 Å². The number of oxime groups is 1. The Morgan fingerprint density at radius 1 is 1.06 bits per heavy atom. The topological polar surface area (TPSA) is 38.7 Å². The molecule has 0 unspecified atom stereocenters. The molecule has 9 heteroatoms. The van der Waals surface area contributed by atoms with Crippen molar-refractivity contribution in [2.45, 2.75) is 39.5 Å². The third-order valence-electron chi connectivity index (χ3n) is 2.16. The summed E-state index contributed by atoms with van der Waals surface area (Å²) in [7, 11) is 0. The zero-order chi connectivity index (χ0) is 14.8. The number of nitrogens with zero attached hydrogens (tertiary/aromatic N) is 1. The van der Waals surface area contributed by atoms with Crippen LogP contribution in [-0.2, 0) is 9.63 Å². The lowest BCUT2D eigenvalue weighted by atomic mass is 9.83. The Morgan fingerprint density at radius 3 is 1.67 bits per heavy atom. The summed E-state index contributed by atoms with van der Waals surface area (Å²) in [5.74, 6) is -2.48. The summed E-state index contributed by atoms with van der Waals surface area (Å²) in [6.07, 6.45) is -13.1. The number of halogens is 6. The van der Waals surface area contributed by atoms with E-state index >= 15 is 0 Å². The SMILES string of the molecule is CCC(C(=O)ON=C(C)C)(C(F)(F)F)C(F)(F)F. The maximum absolute atomic E-state index is 12.6. The number of rotatable bonds is 3. The van der Waals surface area contributed by atoms with Crippen molar-refractivity contribution in [3.05, 3.63) is 0 Å². The average molecular weight is 279 g/mol. The van der Waals surface area contributed by atoms with Crippen LogP contribution in [0.15, 0.2) is 5.16 Å². The standard InChI is InChI=1S/C9H11F6NO2/c1-4-7(8(10,11)12,9(13,14)15)6(17)18-16-5(2)3/h4H2,1-3H3. The molecular weight excluding hydrogens is 268 g/mol. The van der Waals surface area contributed by atoms with Crippen LogP contribution in [0.2, 0.25) is 0 Å². The van der Waals surface area contributed by atoms with Crippen molar-refractivity contribution in [2.75, 3.05) is 0 Å². The van der Waals surface area contributed by atoms with Crippen molar-refractivity contribution in [1.82, 2.24) is 0 Å². The van der Waals surface area contributed by atoms with E-state index in [9.17, 15) is 31.1 Å². The Balaban J connectivity index is 5.63. The van der Waals surface area contributed by atoms with Crippen molar-refractivity contribution < 1.29 is 36.0 Å². The third-order valence-corrected chi connectivity index (χ3v) is 2.16. The quantitative estimate of drug-likeness (QED) is 0.343. The Bertz CT molecular complexity index is 326. The van der Waals surface area contributed by atoms with Gasteiger partial charge in [-0.1, -0.05) is 12.1 Å². The lowest BCUT2D eigenvalue weighted by Gasteiger charge is -2.32. The molecule has 106 valence electrons. The summed E-state index contributed by atoms with van der Waals surface area (Å²) in [5.41, 5.74) is -4.54.